The van der Waals surface area contributed by atoms with E-state index >= 15 is 0 Å². The van der Waals surface area contributed by atoms with Crippen molar-refractivity contribution in [2.75, 3.05) is 11.5 Å². The number of rotatable bonds is 4. The van der Waals surface area contributed by atoms with Crippen LogP contribution in [0.3, 0.4) is 0 Å². The van der Waals surface area contributed by atoms with E-state index in [1.807, 2.05) is 0 Å². The smallest absolute Gasteiger partial charge is 0.00390 e. The highest BCUT2D eigenvalue weighted by molar-refractivity contribution is 7.99. The zero-order chi connectivity index (χ0) is 18.8. The van der Waals surface area contributed by atoms with Crippen LogP contribution in [0.4, 0.5) is 0 Å². The average Bonchev–Trinajstić information content (AvgIpc) is 2.65. The minimum Gasteiger partial charge on any atom is -0.161 e. The van der Waals surface area contributed by atoms with E-state index in [0.717, 1.165) is 11.8 Å². The summed E-state index contributed by atoms with van der Waals surface area (Å²) in [6, 6.07) is 0. The van der Waals surface area contributed by atoms with E-state index < -0.39 is 0 Å². The molecule has 0 saturated heterocycles. The third kappa shape index (κ3) is 13.2. The van der Waals surface area contributed by atoms with Crippen LogP contribution in [0.25, 0.3) is 0 Å². The SMILES string of the molecule is C1CCCCCC(CSCC2CCCCCCCCCCC2)CCCCC1. The van der Waals surface area contributed by atoms with Gasteiger partial charge in [-0.05, 0) is 49.0 Å². The molecule has 0 radical (unpaired) electrons. The Morgan fingerprint density at radius 3 is 0.815 bits per heavy atom. The highest BCUT2D eigenvalue weighted by Gasteiger charge is 2.13. The predicted molar refractivity (Wildman–Crippen MR) is 126 cm³/mol. The van der Waals surface area contributed by atoms with Gasteiger partial charge in [-0.3, -0.25) is 0 Å². The second-order valence-corrected chi connectivity index (χ2v) is 10.9. The molecule has 0 bridgehead atoms. The lowest BCUT2D eigenvalue weighted by molar-refractivity contribution is 0.419. The van der Waals surface area contributed by atoms with Gasteiger partial charge in [0.1, 0.15) is 0 Å². The molecule has 0 aliphatic heterocycles. The van der Waals surface area contributed by atoms with E-state index in [-0.39, 0.29) is 0 Å². The summed E-state index contributed by atoms with van der Waals surface area (Å²) in [5.74, 6) is 4.99. The lowest BCUT2D eigenvalue weighted by atomic mass is 9.94. The Morgan fingerprint density at radius 1 is 0.333 bits per heavy atom. The van der Waals surface area contributed by atoms with Crippen molar-refractivity contribution in [1.29, 1.82) is 0 Å². The molecule has 0 N–H and O–H groups in total. The Kier molecular flexibility index (Phi) is 15.1. The van der Waals surface area contributed by atoms with Crippen LogP contribution in [-0.4, -0.2) is 11.5 Å². The Bertz CT molecular complexity index is 259. The fourth-order valence-corrected chi connectivity index (χ4v) is 6.70. The fourth-order valence-electron chi connectivity index (χ4n) is 5.23. The highest BCUT2D eigenvalue weighted by Crippen LogP contribution is 2.28. The van der Waals surface area contributed by atoms with E-state index in [4.69, 9.17) is 0 Å². The van der Waals surface area contributed by atoms with Gasteiger partial charge in [0.25, 0.3) is 0 Å². The van der Waals surface area contributed by atoms with Crippen molar-refractivity contribution < 1.29 is 0 Å². The normalized spacial score (nSPS) is 24.9. The van der Waals surface area contributed by atoms with Crippen molar-refractivity contribution in [3.63, 3.8) is 0 Å². The molecule has 2 saturated carbocycles. The molecule has 0 unspecified atom stereocenters. The largest absolute Gasteiger partial charge is 0.161 e. The van der Waals surface area contributed by atoms with Crippen molar-refractivity contribution >= 4 is 11.8 Å². The molecule has 2 fully saturated rings. The maximum Gasteiger partial charge on any atom is -0.00390 e. The summed E-state index contributed by atoms with van der Waals surface area (Å²) in [5.41, 5.74) is 0. The van der Waals surface area contributed by atoms with Crippen LogP contribution in [0.15, 0.2) is 0 Å². The zero-order valence-electron chi connectivity index (χ0n) is 18.5. The second kappa shape index (κ2) is 17.2. The van der Waals surface area contributed by atoms with Crippen LogP contribution >= 0.6 is 11.8 Å². The summed E-state index contributed by atoms with van der Waals surface area (Å²) in [5, 5.41) is 0. The van der Waals surface area contributed by atoms with E-state index in [2.05, 4.69) is 11.8 Å². The van der Waals surface area contributed by atoms with Crippen molar-refractivity contribution in [2.24, 2.45) is 11.8 Å². The molecular formula is C26H50S. The van der Waals surface area contributed by atoms with Gasteiger partial charge in [-0.25, -0.2) is 0 Å². The Hall–Kier alpha value is 0.350. The zero-order valence-corrected chi connectivity index (χ0v) is 19.4. The average molecular weight is 395 g/mol. The predicted octanol–water partition coefficient (Wildman–Crippen LogP) is 9.56. The summed E-state index contributed by atoms with van der Waals surface area (Å²) in [6.07, 6.45) is 33.2. The molecule has 0 atom stereocenters. The molecular weight excluding hydrogens is 344 g/mol. The first-order valence-corrected chi connectivity index (χ1v) is 14.2. The summed E-state index contributed by atoms with van der Waals surface area (Å²) in [4.78, 5) is 0. The minimum atomic E-state index is 1.03. The van der Waals surface area contributed by atoms with Gasteiger partial charge in [0.15, 0.2) is 0 Å². The summed E-state index contributed by atoms with van der Waals surface area (Å²) >= 11 is 2.34. The fraction of sp³-hybridized carbons (Fsp3) is 1.00. The van der Waals surface area contributed by atoms with E-state index in [0.29, 0.717) is 0 Å². The van der Waals surface area contributed by atoms with Crippen LogP contribution in [0.5, 0.6) is 0 Å². The van der Waals surface area contributed by atoms with Crippen LogP contribution in [0.1, 0.15) is 141 Å². The van der Waals surface area contributed by atoms with Gasteiger partial charge >= 0.3 is 0 Å². The number of thioether (sulfide) groups is 1. The van der Waals surface area contributed by atoms with E-state index in [9.17, 15) is 0 Å². The first-order valence-electron chi connectivity index (χ1n) is 13.0. The number of hydrogen-bond acceptors (Lipinski definition) is 1. The third-order valence-corrected chi connectivity index (χ3v) is 8.57. The highest BCUT2D eigenvalue weighted by atomic mass is 32.2. The molecule has 160 valence electrons. The molecule has 2 rings (SSSR count). The van der Waals surface area contributed by atoms with Gasteiger partial charge in [0, 0.05) is 0 Å². The van der Waals surface area contributed by atoms with Gasteiger partial charge in [0.2, 0.25) is 0 Å². The summed E-state index contributed by atoms with van der Waals surface area (Å²) in [6.45, 7) is 0. The summed E-state index contributed by atoms with van der Waals surface area (Å²) in [7, 11) is 0. The monoisotopic (exact) mass is 394 g/mol. The molecule has 2 aliphatic rings. The van der Waals surface area contributed by atoms with Crippen molar-refractivity contribution in [3.8, 4) is 0 Å². The third-order valence-electron chi connectivity index (χ3n) is 7.16. The molecule has 27 heavy (non-hydrogen) atoms. The maximum absolute atomic E-state index is 2.34. The Balaban J connectivity index is 1.64. The van der Waals surface area contributed by atoms with Crippen LogP contribution in [-0.2, 0) is 0 Å². The van der Waals surface area contributed by atoms with Crippen LogP contribution < -0.4 is 0 Å². The Morgan fingerprint density at radius 2 is 0.556 bits per heavy atom. The molecule has 0 nitrogen and oxygen atoms in total. The molecule has 0 amide bonds. The van der Waals surface area contributed by atoms with Crippen molar-refractivity contribution in [1.82, 2.24) is 0 Å². The van der Waals surface area contributed by atoms with Crippen molar-refractivity contribution in [2.45, 2.75) is 141 Å². The molecule has 0 aromatic rings. The Labute approximate surface area is 176 Å². The van der Waals surface area contributed by atoms with Gasteiger partial charge in [-0.2, -0.15) is 11.8 Å². The molecule has 2 aliphatic carbocycles. The van der Waals surface area contributed by atoms with Crippen LogP contribution in [0, 0.1) is 11.8 Å². The van der Waals surface area contributed by atoms with E-state index in [1.54, 1.807) is 0 Å². The first kappa shape index (κ1) is 23.6. The van der Waals surface area contributed by atoms with Crippen molar-refractivity contribution in [3.05, 3.63) is 0 Å². The first-order chi connectivity index (χ1) is 13.4. The quantitative estimate of drug-likeness (QED) is 0.457. The van der Waals surface area contributed by atoms with Crippen LogP contribution in [0.2, 0.25) is 0 Å². The molecule has 0 heterocycles. The maximum atomic E-state index is 2.34. The van der Waals surface area contributed by atoms with Gasteiger partial charge in [0.05, 0.1) is 0 Å². The minimum absolute atomic E-state index is 1.03. The van der Waals surface area contributed by atoms with Gasteiger partial charge in [-0.15, -0.1) is 0 Å². The lowest BCUT2D eigenvalue weighted by Crippen LogP contribution is -2.09. The molecule has 1 heteroatoms. The number of hydrogen-bond donors (Lipinski definition) is 0. The topological polar surface area (TPSA) is 0 Å². The lowest BCUT2D eigenvalue weighted by Gasteiger charge is -2.21. The molecule has 0 spiro atoms. The standard InChI is InChI=1S/C26H50S/c1-3-7-11-15-19-25(20-16-12-8-4-1)23-27-24-26-21-17-13-9-5-2-6-10-14-18-22-26/h25-26H,1-24H2. The van der Waals surface area contributed by atoms with E-state index in [1.165, 1.54) is 153 Å². The van der Waals surface area contributed by atoms with Gasteiger partial charge in [-0.1, -0.05) is 116 Å². The molecule has 0 aromatic heterocycles. The van der Waals surface area contributed by atoms with Gasteiger partial charge < -0.3 is 0 Å². The second-order valence-electron chi connectivity index (χ2n) is 9.79. The summed E-state index contributed by atoms with van der Waals surface area (Å²) < 4.78 is 0. The molecule has 0 aromatic carbocycles.